The van der Waals surface area contributed by atoms with Gasteiger partial charge in [0.2, 0.25) is 0 Å². The summed E-state index contributed by atoms with van der Waals surface area (Å²) in [6, 6.07) is 0. The number of nitrogens with zero attached hydrogens (tertiary/aromatic N) is 2. The number of rotatable bonds is 1. The number of nitrogens with two attached hydrogens (primary N) is 1. The van der Waals surface area contributed by atoms with Crippen LogP contribution in [0.15, 0.2) is 16.8 Å². The highest BCUT2D eigenvalue weighted by Crippen LogP contribution is 2.16. The molecule has 2 aromatic rings. The Morgan fingerprint density at radius 3 is 2.75 bits per heavy atom. The zero-order valence-corrected chi connectivity index (χ0v) is 6.53. The molecule has 0 aliphatic heterocycles. The van der Waals surface area contributed by atoms with Gasteiger partial charge < -0.3 is 15.1 Å². The van der Waals surface area contributed by atoms with Crippen LogP contribution in [-0.4, -0.2) is 15.0 Å². The van der Waals surface area contributed by atoms with Gasteiger partial charge >= 0.3 is 0 Å². The molecule has 0 saturated carbocycles. The summed E-state index contributed by atoms with van der Waals surface area (Å²) < 4.78 is 5.22. The number of aryl methyl sites for hydroxylation is 1. The molecule has 12 heavy (non-hydrogen) atoms. The SMILES string of the molecule is Cc1ncc(-c2ncc(N)[nH]2)o1. The van der Waals surface area contributed by atoms with E-state index in [4.69, 9.17) is 10.2 Å². The van der Waals surface area contributed by atoms with Crippen molar-refractivity contribution in [3.63, 3.8) is 0 Å². The average molecular weight is 164 g/mol. The summed E-state index contributed by atoms with van der Waals surface area (Å²) in [5, 5.41) is 0. The summed E-state index contributed by atoms with van der Waals surface area (Å²) in [5.41, 5.74) is 5.44. The zero-order chi connectivity index (χ0) is 8.55. The fraction of sp³-hybridized carbons (Fsp3) is 0.143. The van der Waals surface area contributed by atoms with Crippen molar-refractivity contribution in [2.24, 2.45) is 0 Å². The summed E-state index contributed by atoms with van der Waals surface area (Å²) in [5.74, 6) is 2.33. The quantitative estimate of drug-likeness (QED) is 0.657. The van der Waals surface area contributed by atoms with E-state index in [0.717, 1.165) is 0 Å². The lowest BCUT2D eigenvalue weighted by Crippen LogP contribution is -1.82. The van der Waals surface area contributed by atoms with Crippen molar-refractivity contribution in [2.75, 3.05) is 5.73 Å². The first-order valence-corrected chi connectivity index (χ1v) is 3.49. The molecular formula is C7H8N4O. The molecule has 3 N–H and O–H groups in total. The predicted octanol–water partition coefficient (Wildman–Crippen LogP) is 0.955. The first-order chi connectivity index (χ1) is 5.75. The minimum absolute atomic E-state index is 0.513. The van der Waals surface area contributed by atoms with Gasteiger partial charge in [0, 0.05) is 6.92 Å². The van der Waals surface area contributed by atoms with Crippen LogP contribution in [0.5, 0.6) is 0 Å². The number of oxazole rings is 1. The largest absolute Gasteiger partial charge is 0.438 e. The Morgan fingerprint density at radius 1 is 1.42 bits per heavy atom. The molecule has 0 aliphatic carbocycles. The van der Waals surface area contributed by atoms with E-state index in [2.05, 4.69) is 15.0 Å². The highest BCUT2D eigenvalue weighted by molar-refractivity contribution is 5.48. The molecule has 0 bridgehead atoms. The van der Waals surface area contributed by atoms with E-state index in [1.165, 1.54) is 6.20 Å². The number of H-pyrrole nitrogens is 1. The molecule has 2 aromatic heterocycles. The molecule has 62 valence electrons. The van der Waals surface area contributed by atoms with Gasteiger partial charge in [-0.3, -0.25) is 0 Å². The van der Waals surface area contributed by atoms with Crippen molar-refractivity contribution >= 4 is 5.82 Å². The van der Waals surface area contributed by atoms with Gasteiger partial charge in [-0.1, -0.05) is 0 Å². The smallest absolute Gasteiger partial charge is 0.191 e. The molecule has 0 saturated heterocycles. The maximum atomic E-state index is 5.44. The number of aromatic amines is 1. The molecule has 0 radical (unpaired) electrons. The fourth-order valence-corrected chi connectivity index (χ4v) is 0.931. The van der Waals surface area contributed by atoms with Crippen molar-refractivity contribution in [1.82, 2.24) is 15.0 Å². The molecular weight excluding hydrogens is 156 g/mol. The van der Waals surface area contributed by atoms with Gasteiger partial charge in [-0.15, -0.1) is 0 Å². The van der Waals surface area contributed by atoms with Crippen LogP contribution >= 0.6 is 0 Å². The van der Waals surface area contributed by atoms with Crippen LogP contribution in [0.25, 0.3) is 11.6 Å². The second kappa shape index (κ2) is 2.37. The number of anilines is 1. The predicted molar refractivity (Wildman–Crippen MR) is 43.2 cm³/mol. The number of hydrogen-bond acceptors (Lipinski definition) is 4. The molecule has 2 heterocycles. The third-order valence-corrected chi connectivity index (χ3v) is 1.45. The van der Waals surface area contributed by atoms with E-state index in [9.17, 15) is 0 Å². The van der Waals surface area contributed by atoms with Crippen LogP contribution in [-0.2, 0) is 0 Å². The van der Waals surface area contributed by atoms with Crippen molar-refractivity contribution in [3.8, 4) is 11.6 Å². The van der Waals surface area contributed by atoms with E-state index >= 15 is 0 Å². The summed E-state index contributed by atoms with van der Waals surface area (Å²) in [7, 11) is 0. The Bertz CT molecular complexity index is 351. The lowest BCUT2D eigenvalue weighted by Gasteiger charge is -1.86. The lowest BCUT2D eigenvalue weighted by molar-refractivity contribution is 0.531. The Morgan fingerprint density at radius 2 is 2.25 bits per heavy atom. The number of aromatic nitrogens is 3. The minimum Gasteiger partial charge on any atom is -0.438 e. The molecule has 0 atom stereocenters. The van der Waals surface area contributed by atoms with Gasteiger partial charge in [-0.2, -0.15) is 0 Å². The molecule has 0 aliphatic rings. The zero-order valence-electron chi connectivity index (χ0n) is 6.53. The highest BCUT2D eigenvalue weighted by atomic mass is 16.4. The van der Waals surface area contributed by atoms with Crippen molar-refractivity contribution in [3.05, 3.63) is 18.3 Å². The van der Waals surface area contributed by atoms with Crippen LogP contribution < -0.4 is 5.73 Å². The van der Waals surface area contributed by atoms with Crippen molar-refractivity contribution in [2.45, 2.75) is 6.92 Å². The second-order valence-electron chi connectivity index (χ2n) is 2.43. The third-order valence-electron chi connectivity index (χ3n) is 1.45. The summed E-state index contributed by atoms with van der Waals surface area (Å²) in [6.07, 6.45) is 3.14. The van der Waals surface area contributed by atoms with Gasteiger partial charge in [-0.25, -0.2) is 9.97 Å². The Hall–Kier alpha value is -1.78. The summed E-state index contributed by atoms with van der Waals surface area (Å²) >= 11 is 0. The summed E-state index contributed by atoms with van der Waals surface area (Å²) in [4.78, 5) is 10.8. The first-order valence-electron chi connectivity index (χ1n) is 3.49. The Labute approximate surface area is 68.6 Å². The summed E-state index contributed by atoms with van der Waals surface area (Å²) in [6.45, 7) is 1.77. The van der Waals surface area contributed by atoms with Gasteiger partial charge in [-0.05, 0) is 0 Å². The van der Waals surface area contributed by atoms with Crippen LogP contribution in [0.2, 0.25) is 0 Å². The van der Waals surface area contributed by atoms with E-state index in [1.807, 2.05) is 0 Å². The average Bonchev–Trinajstić information content (AvgIpc) is 2.58. The highest BCUT2D eigenvalue weighted by Gasteiger charge is 2.05. The standard InChI is InChI=1S/C7H8N4O/c1-4-9-2-5(12-4)7-10-3-6(8)11-7/h2-3H,8H2,1H3,(H,10,11). The van der Waals surface area contributed by atoms with Crippen LogP contribution in [0.1, 0.15) is 5.89 Å². The van der Waals surface area contributed by atoms with Crippen molar-refractivity contribution in [1.29, 1.82) is 0 Å². The Balaban J connectivity index is 2.43. The van der Waals surface area contributed by atoms with Gasteiger partial charge in [0.25, 0.3) is 0 Å². The maximum absolute atomic E-state index is 5.44. The maximum Gasteiger partial charge on any atom is 0.191 e. The van der Waals surface area contributed by atoms with Crippen LogP contribution in [0, 0.1) is 6.92 Å². The number of hydrogen-bond donors (Lipinski definition) is 2. The van der Waals surface area contributed by atoms with Gasteiger partial charge in [0.05, 0.1) is 12.4 Å². The number of nitrogen functional groups attached to an aromatic ring is 1. The molecule has 0 aromatic carbocycles. The minimum atomic E-state index is 0.513. The first kappa shape index (κ1) is 6.90. The number of imidazole rings is 1. The number of nitrogens with one attached hydrogen (secondary N) is 1. The van der Waals surface area contributed by atoms with Gasteiger partial charge in [0.1, 0.15) is 5.82 Å². The van der Waals surface area contributed by atoms with E-state index in [-0.39, 0.29) is 0 Å². The lowest BCUT2D eigenvalue weighted by atomic mass is 10.5. The van der Waals surface area contributed by atoms with Gasteiger partial charge in [0.15, 0.2) is 17.5 Å². The molecule has 2 rings (SSSR count). The molecule has 5 nitrogen and oxygen atoms in total. The molecule has 0 unspecified atom stereocenters. The van der Waals surface area contributed by atoms with E-state index in [0.29, 0.717) is 23.3 Å². The molecule has 0 amide bonds. The monoisotopic (exact) mass is 164 g/mol. The molecule has 5 heteroatoms. The topological polar surface area (TPSA) is 80.7 Å². The Kier molecular flexibility index (Phi) is 1.36. The van der Waals surface area contributed by atoms with E-state index in [1.54, 1.807) is 13.1 Å². The van der Waals surface area contributed by atoms with Crippen molar-refractivity contribution < 1.29 is 4.42 Å². The molecule has 0 spiro atoms. The van der Waals surface area contributed by atoms with Crippen LogP contribution in [0.3, 0.4) is 0 Å². The third kappa shape index (κ3) is 1.05. The normalized spacial score (nSPS) is 10.4. The fourth-order valence-electron chi connectivity index (χ4n) is 0.931. The molecule has 0 fully saturated rings. The second-order valence-corrected chi connectivity index (χ2v) is 2.43. The van der Waals surface area contributed by atoms with Crippen LogP contribution in [0.4, 0.5) is 5.82 Å². The van der Waals surface area contributed by atoms with E-state index < -0.39 is 0 Å².